The van der Waals surface area contributed by atoms with E-state index in [1.54, 1.807) is 6.07 Å². The predicted molar refractivity (Wildman–Crippen MR) is 80.1 cm³/mol. The largest absolute Gasteiger partial charge is 0.338 e. The average molecular weight is 292 g/mol. The first-order chi connectivity index (χ1) is 9.91. The van der Waals surface area contributed by atoms with Gasteiger partial charge in [-0.15, -0.1) is 0 Å². The average Bonchev–Trinajstić information content (AvgIpc) is 3.02. The first-order valence-corrected chi connectivity index (χ1v) is 7.62. The van der Waals surface area contributed by atoms with Gasteiger partial charge in [-0.3, -0.25) is 15.0 Å². The first-order valence-electron chi connectivity index (χ1n) is 7.62. The Bertz CT molecular complexity index is 508. The number of fused-ring (bicyclic) bond motifs is 1. The smallest absolute Gasteiger partial charge is 0.240 e. The number of hydrogen-bond donors (Lipinski definition) is 2. The summed E-state index contributed by atoms with van der Waals surface area (Å²) >= 11 is 0. The van der Waals surface area contributed by atoms with E-state index in [1.807, 2.05) is 0 Å². The molecule has 3 heterocycles. The van der Waals surface area contributed by atoms with Crippen LogP contribution in [-0.2, 0) is 10.2 Å². The van der Waals surface area contributed by atoms with Crippen molar-refractivity contribution in [3.63, 3.8) is 0 Å². The molecule has 2 atom stereocenters. The molecule has 2 saturated heterocycles. The lowest BCUT2D eigenvalue weighted by atomic mass is 9.92. The lowest BCUT2D eigenvalue weighted by Crippen LogP contribution is -2.33. The van der Waals surface area contributed by atoms with Crippen LogP contribution in [-0.4, -0.2) is 48.7 Å². The number of anilines is 1. The van der Waals surface area contributed by atoms with E-state index in [2.05, 4.69) is 41.5 Å². The third kappa shape index (κ3) is 3.27. The molecule has 1 aromatic heterocycles. The van der Waals surface area contributed by atoms with Crippen LogP contribution in [0.2, 0.25) is 0 Å². The molecule has 0 aliphatic carbocycles. The summed E-state index contributed by atoms with van der Waals surface area (Å²) in [6.07, 6.45) is 0. The maximum absolute atomic E-state index is 12.1. The minimum absolute atomic E-state index is 0.0282. The van der Waals surface area contributed by atoms with Gasteiger partial charge in [-0.25, -0.2) is 0 Å². The Kier molecular flexibility index (Phi) is 3.75. The van der Waals surface area contributed by atoms with Crippen molar-refractivity contribution in [3.05, 3.63) is 11.8 Å². The van der Waals surface area contributed by atoms with Crippen molar-refractivity contribution in [2.24, 2.45) is 11.8 Å². The number of carbonyl (C=O) groups is 1. The number of nitrogens with zero attached hydrogens (tertiary/aromatic N) is 2. The molecule has 6 nitrogen and oxygen atoms in total. The van der Waals surface area contributed by atoms with Gasteiger partial charge in [0.15, 0.2) is 0 Å². The monoisotopic (exact) mass is 292 g/mol. The fourth-order valence-corrected chi connectivity index (χ4v) is 3.15. The molecule has 0 spiro atoms. The summed E-state index contributed by atoms with van der Waals surface area (Å²) in [4.78, 5) is 14.3. The van der Waals surface area contributed by atoms with E-state index in [-0.39, 0.29) is 11.3 Å². The molecule has 6 heteroatoms. The minimum Gasteiger partial charge on any atom is -0.338 e. The third-order valence-corrected chi connectivity index (χ3v) is 4.37. The van der Waals surface area contributed by atoms with Crippen LogP contribution in [0.4, 0.5) is 5.88 Å². The van der Waals surface area contributed by atoms with Crippen LogP contribution in [0.3, 0.4) is 0 Å². The topological polar surface area (TPSA) is 70.4 Å². The second kappa shape index (κ2) is 5.42. The highest BCUT2D eigenvalue weighted by molar-refractivity contribution is 5.91. The molecule has 0 unspecified atom stereocenters. The van der Waals surface area contributed by atoms with Crippen LogP contribution in [0.15, 0.2) is 10.6 Å². The van der Waals surface area contributed by atoms with E-state index in [9.17, 15) is 4.79 Å². The molecule has 2 N–H and O–H groups in total. The Morgan fingerprint density at radius 3 is 2.67 bits per heavy atom. The number of nitrogens with one attached hydrogen (secondary N) is 2. The summed E-state index contributed by atoms with van der Waals surface area (Å²) in [6.45, 7) is 10.8. The quantitative estimate of drug-likeness (QED) is 0.872. The molecule has 2 aliphatic heterocycles. The number of aromatic nitrogens is 1. The van der Waals surface area contributed by atoms with Crippen LogP contribution in [0, 0.1) is 11.8 Å². The van der Waals surface area contributed by atoms with Gasteiger partial charge < -0.3 is 9.84 Å². The fourth-order valence-electron chi connectivity index (χ4n) is 3.15. The van der Waals surface area contributed by atoms with E-state index < -0.39 is 0 Å². The maximum Gasteiger partial charge on any atom is 0.240 e. The van der Waals surface area contributed by atoms with Crippen LogP contribution in [0.25, 0.3) is 0 Å². The van der Waals surface area contributed by atoms with Crippen LogP contribution in [0.5, 0.6) is 0 Å². The van der Waals surface area contributed by atoms with Crippen LogP contribution in [0.1, 0.15) is 26.5 Å². The van der Waals surface area contributed by atoms with Crippen molar-refractivity contribution in [3.8, 4) is 0 Å². The molecule has 0 radical (unpaired) electrons. The Balaban J connectivity index is 1.51. The number of hydrogen-bond acceptors (Lipinski definition) is 5. The van der Waals surface area contributed by atoms with Gasteiger partial charge >= 0.3 is 0 Å². The lowest BCUT2D eigenvalue weighted by Gasteiger charge is -2.15. The first kappa shape index (κ1) is 14.5. The molecule has 0 saturated carbocycles. The second-order valence-corrected chi connectivity index (χ2v) is 7.25. The summed E-state index contributed by atoms with van der Waals surface area (Å²) in [5.41, 5.74) is 0.769. The van der Waals surface area contributed by atoms with Gasteiger partial charge in [0, 0.05) is 24.6 Å². The zero-order valence-corrected chi connectivity index (χ0v) is 13.0. The van der Waals surface area contributed by atoms with Gasteiger partial charge in [-0.2, -0.15) is 0 Å². The summed E-state index contributed by atoms with van der Waals surface area (Å²) in [5, 5.41) is 10.2. The summed E-state index contributed by atoms with van der Waals surface area (Å²) in [6, 6.07) is 1.81. The van der Waals surface area contributed by atoms with Crippen LogP contribution < -0.4 is 10.6 Å². The maximum atomic E-state index is 12.1. The highest BCUT2D eigenvalue weighted by atomic mass is 16.5. The van der Waals surface area contributed by atoms with Gasteiger partial charge in [-0.05, 0) is 24.9 Å². The van der Waals surface area contributed by atoms with Gasteiger partial charge in [-0.1, -0.05) is 25.9 Å². The number of amides is 1. The molecule has 21 heavy (non-hydrogen) atoms. The van der Waals surface area contributed by atoms with Crippen molar-refractivity contribution < 1.29 is 9.32 Å². The molecular formula is C15H24N4O2. The zero-order valence-electron chi connectivity index (χ0n) is 13.0. The highest BCUT2D eigenvalue weighted by Gasteiger charge is 2.36. The minimum atomic E-state index is -0.0775. The van der Waals surface area contributed by atoms with Gasteiger partial charge in [0.2, 0.25) is 11.8 Å². The molecule has 1 amide bonds. The molecule has 116 valence electrons. The Morgan fingerprint density at radius 1 is 1.43 bits per heavy atom. The van der Waals surface area contributed by atoms with Crippen molar-refractivity contribution in [1.29, 1.82) is 0 Å². The summed E-state index contributed by atoms with van der Waals surface area (Å²) in [7, 11) is 0. The number of rotatable bonds is 3. The van der Waals surface area contributed by atoms with Gasteiger partial charge in [0.25, 0.3) is 0 Å². The number of likely N-dealkylation sites (tertiary alicyclic amines) is 1. The van der Waals surface area contributed by atoms with Crippen molar-refractivity contribution in [1.82, 2.24) is 15.4 Å². The second-order valence-electron chi connectivity index (χ2n) is 7.25. The molecule has 1 aromatic rings. The van der Waals surface area contributed by atoms with Crippen molar-refractivity contribution in [2.75, 3.05) is 38.0 Å². The molecule has 0 bridgehead atoms. The van der Waals surface area contributed by atoms with E-state index in [0.717, 1.165) is 31.9 Å². The molecule has 0 aromatic carbocycles. The Labute approximate surface area is 125 Å². The third-order valence-electron chi connectivity index (χ3n) is 4.37. The Hall–Kier alpha value is -1.40. The van der Waals surface area contributed by atoms with E-state index >= 15 is 0 Å². The normalized spacial score (nSPS) is 26.0. The van der Waals surface area contributed by atoms with Crippen molar-refractivity contribution >= 4 is 11.8 Å². The fraction of sp³-hybridized carbons (Fsp3) is 0.733. The SMILES string of the molecule is CC(C)(C)c1cc(NC(=O)CN2C[C@H]3CNC[C@H]3C2)on1. The summed E-state index contributed by atoms with van der Waals surface area (Å²) in [5.74, 6) is 1.82. The number of carbonyl (C=O) groups excluding carboxylic acids is 1. The van der Waals surface area contributed by atoms with Crippen LogP contribution >= 0.6 is 0 Å². The van der Waals surface area contributed by atoms with E-state index in [4.69, 9.17) is 4.52 Å². The molecule has 2 aliphatic rings. The van der Waals surface area contributed by atoms with Gasteiger partial charge in [0.1, 0.15) is 0 Å². The van der Waals surface area contributed by atoms with Gasteiger partial charge in [0.05, 0.1) is 12.2 Å². The van der Waals surface area contributed by atoms with Crippen molar-refractivity contribution in [2.45, 2.75) is 26.2 Å². The molecular weight excluding hydrogens is 268 g/mol. The highest BCUT2D eigenvalue weighted by Crippen LogP contribution is 2.26. The molecule has 2 fully saturated rings. The van der Waals surface area contributed by atoms with E-state index in [0.29, 0.717) is 24.3 Å². The summed E-state index contributed by atoms with van der Waals surface area (Å²) < 4.78 is 5.19. The predicted octanol–water partition coefficient (Wildman–Crippen LogP) is 1.06. The van der Waals surface area contributed by atoms with E-state index in [1.165, 1.54) is 0 Å². The zero-order chi connectivity index (χ0) is 15.0. The molecule has 3 rings (SSSR count). The lowest BCUT2D eigenvalue weighted by molar-refractivity contribution is -0.117. The Morgan fingerprint density at radius 2 is 2.10 bits per heavy atom. The standard InChI is InChI=1S/C15H24N4O2/c1-15(2,3)12-4-14(21-18-12)17-13(20)9-19-7-10-5-16-6-11(10)8-19/h4,10-11,16H,5-9H2,1-3H3,(H,17,20)/t10-,11+.